The third-order valence-corrected chi connectivity index (χ3v) is 3.95. The van der Waals surface area contributed by atoms with Gasteiger partial charge in [-0.15, -0.1) is 8.42 Å². The van der Waals surface area contributed by atoms with Crippen LogP contribution in [0, 0.1) is 0 Å². The van der Waals surface area contributed by atoms with Crippen LogP contribution in [-0.4, -0.2) is 55.6 Å². The molecule has 0 bridgehead atoms. The van der Waals surface area contributed by atoms with Crippen LogP contribution in [0.4, 0.5) is 0 Å². The first-order valence-electron chi connectivity index (χ1n) is 7.19. The maximum absolute atomic E-state index is 11.7. The maximum Gasteiger partial charge on any atom is 0.506 e. The van der Waals surface area contributed by atoms with Crippen molar-refractivity contribution in [3.8, 4) is 0 Å². The first-order chi connectivity index (χ1) is 11.8. The smallest absolute Gasteiger partial charge is 0.348 e. The Balaban J connectivity index is 1.84. The number of allylic oxidation sites excluding steroid dienone is 4. The van der Waals surface area contributed by atoms with Crippen LogP contribution >= 0.6 is 0 Å². The van der Waals surface area contributed by atoms with Crippen molar-refractivity contribution in [1.29, 1.82) is 0 Å². The molecule has 2 rings (SSSR count). The Kier molecular flexibility index (Phi) is 5.96. The first kappa shape index (κ1) is 18.7. The number of carbonyl (C=O) groups excluding carboxylic acids is 2. The van der Waals surface area contributed by atoms with Crippen molar-refractivity contribution < 1.29 is 26.4 Å². The highest BCUT2D eigenvalue weighted by atomic mass is 32.3. The molecule has 10 nitrogen and oxygen atoms in total. The van der Waals surface area contributed by atoms with Crippen molar-refractivity contribution in [2.75, 3.05) is 13.1 Å². The first-order valence-corrected chi connectivity index (χ1v) is 8.52. The van der Waals surface area contributed by atoms with Crippen LogP contribution in [0.25, 0.3) is 0 Å². The molecule has 0 amide bonds. The number of nitrogens with two attached hydrogens (primary N) is 2. The molecule has 136 valence electrons. The quantitative estimate of drug-likeness (QED) is 0.576. The molecular formula is C14H18N4O6S. The van der Waals surface area contributed by atoms with Gasteiger partial charge in [-0.25, -0.2) is 9.59 Å². The molecule has 2 unspecified atom stereocenters. The molecule has 2 aliphatic rings. The van der Waals surface area contributed by atoms with E-state index in [1.165, 1.54) is 22.2 Å². The Morgan fingerprint density at radius 2 is 1.24 bits per heavy atom. The van der Waals surface area contributed by atoms with Gasteiger partial charge in [0, 0.05) is 12.4 Å². The zero-order valence-corrected chi connectivity index (χ0v) is 13.9. The third kappa shape index (κ3) is 5.74. The molecule has 0 fully saturated rings. The highest BCUT2D eigenvalue weighted by molar-refractivity contribution is 7.82. The largest absolute Gasteiger partial charge is 0.506 e. The molecule has 0 radical (unpaired) electrons. The Hall–Kier alpha value is -2.63. The molecule has 0 aliphatic carbocycles. The summed E-state index contributed by atoms with van der Waals surface area (Å²) in [6, 6.07) is 0. The molecule has 0 aromatic heterocycles. The van der Waals surface area contributed by atoms with Crippen LogP contribution in [0.3, 0.4) is 0 Å². The van der Waals surface area contributed by atoms with Gasteiger partial charge in [0.1, 0.15) is 13.1 Å². The van der Waals surface area contributed by atoms with Gasteiger partial charge in [-0.3, -0.25) is 0 Å². The average Bonchev–Trinajstić information content (AvgIpc) is 2.50. The van der Waals surface area contributed by atoms with Crippen molar-refractivity contribution in [1.82, 2.24) is 9.80 Å². The number of hydrogen-bond acceptors (Lipinski definition) is 10. The topological polar surface area (TPSA) is 145 Å². The second-order valence-electron chi connectivity index (χ2n) is 5.10. The monoisotopic (exact) mass is 370 g/mol. The van der Waals surface area contributed by atoms with E-state index in [0.717, 1.165) is 0 Å². The van der Waals surface area contributed by atoms with E-state index in [0.29, 0.717) is 0 Å². The van der Waals surface area contributed by atoms with E-state index in [2.05, 4.69) is 8.37 Å². The normalized spacial score (nSPS) is 22.2. The number of carbonyl (C=O) groups is 2. The van der Waals surface area contributed by atoms with Crippen LogP contribution in [0.1, 0.15) is 0 Å². The molecule has 2 heterocycles. The summed E-state index contributed by atoms with van der Waals surface area (Å²) in [4.78, 5) is 26.1. The Labute approximate surface area is 145 Å². The lowest BCUT2D eigenvalue weighted by atomic mass is 10.3. The van der Waals surface area contributed by atoms with Crippen LogP contribution in [-0.2, 0) is 28.4 Å². The predicted octanol–water partition coefficient (Wildman–Crippen LogP) is -1.34. The average molecular weight is 370 g/mol. The Bertz CT molecular complexity index is 686. The van der Waals surface area contributed by atoms with E-state index < -0.39 is 47.8 Å². The number of hydrogen-bond donors (Lipinski definition) is 2. The maximum atomic E-state index is 11.7. The van der Waals surface area contributed by atoms with Gasteiger partial charge in [0.2, 0.25) is 0 Å². The fourth-order valence-electron chi connectivity index (χ4n) is 2.01. The summed E-state index contributed by atoms with van der Waals surface area (Å²) in [6.07, 6.45) is 11.6. The molecule has 2 atom stereocenters. The van der Waals surface area contributed by atoms with Crippen LogP contribution in [0.2, 0.25) is 0 Å². The lowest BCUT2D eigenvalue weighted by Gasteiger charge is -2.26. The van der Waals surface area contributed by atoms with E-state index in [9.17, 15) is 18.0 Å². The van der Waals surface area contributed by atoms with Gasteiger partial charge in [-0.2, -0.15) is 0 Å². The second kappa shape index (κ2) is 7.96. The zero-order chi connectivity index (χ0) is 18.4. The summed E-state index contributed by atoms with van der Waals surface area (Å²) < 4.78 is 31.8. The van der Waals surface area contributed by atoms with E-state index in [-0.39, 0.29) is 0 Å². The highest BCUT2D eigenvalue weighted by Crippen LogP contribution is 2.07. The number of nitrogens with zero attached hydrogens (tertiary/aromatic N) is 2. The second-order valence-corrected chi connectivity index (χ2v) is 6.25. The SMILES string of the molecule is NC1C=CC=CN1CC(=O)OS(=O)(=O)OC(=O)CN1C=CC=CC1N. The van der Waals surface area contributed by atoms with Gasteiger partial charge in [-0.05, 0) is 24.3 Å². The summed E-state index contributed by atoms with van der Waals surface area (Å²) in [5.41, 5.74) is 11.4. The molecule has 0 spiro atoms. The minimum atomic E-state index is -4.83. The van der Waals surface area contributed by atoms with Crippen molar-refractivity contribution >= 4 is 22.3 Å². The van der Waals surface area contributed by atoms with Gasteiger partial charge in [-0.1, -0.05) is 12.2 Å². The van der Waals surface area contributed by atoms with Crippen molar-refractivity contribution in [2.24, 2.45) is 11.5 Å². The summed E-state index contributed by atoms with van der Waals surface area (Å²) in [7, 11) is -4.83. The van der Waals surface area contributed by atoms with Crippen molar-refractivity contribution in [3.05, 3.63) is 48.9 Å². The number of rotatable bonds is 6. The Morgan fingerprint density at radius 1 is 0.840 bits per heavy atom. The summed E-state index contributed by atoms with van der Waals surface area (Å²) in [5.74, 6) is -2.28. The molecule has 0 saturated carbocycles. The fraction of sp³-hybridized carbons (Fsp3) is 0.286. The summed E-state index contributed by atoms with van der Waals surface area (Å²) in [6.45, 7) is -0.855. The van der Waals surface area contributed by atoms with Gasteiger partial charge in [0.05, 0.1) is 12.3 Å². The molecule has 0 aromatic rings. The van der Waals surface area contributed by atoms with Crippen LogP contribution < -0.4 is 11.5 Å². The minimum Gasteiger partial charge on any atom is -0.348 e. The lowest BCUT2D eigenvalue weighted by Crippen LogP contribution is -2.42. The van der Waals surface area contributed by atoms with Gasteiger partial charge < -0.3 is 29.6 Å². The molecule has 0 aromatic carbocycles. The predicted molar refractivity (Wildman–Crippen MR) is 87.0 cm³/mol. The minimum absolute atomic E-state index is 0.427. The summed E-state index contributed by atoms with van der Waals surface area (Å²) in [5, 5.41) is 0. The fourth-order valence-corrected chi connectivity index (χ4v) is 2.60. The molecule has 4 N–H and O–H groups in total. The van der Waals surface area contributed by atoms with Gasteiger partial charge in [0.15, 0.2) is 0 Å². The van der Waals surface area contributed by atoms with Crippen LogP contribution in [0.5, 0.6) is 0 Å². The van der Waals surface area contributed by atoms with Crippen molar-refractivity contribution in [3.63, 3.8) is 0 Å². The molecule has 0 saturated heterocycles. The van der Waals surface area contributed by atoms with Gasteiger partial charge >= 0.3 is 22.3 Å². The third-order valence-electron chi connectivity index (χ3n) is 3.17. The Morgan fingerprint density at radius 3 is 1.60 bits per heavy atom. The van der Waals surface area contributed by atoms with E-state index in [4.69, 9.17) is 11.5 Å². The summed E-state index contributed by atoms with van der Waals surface area (Å²) >= 11 is 0. The van der Waals surface area contributed by atoms with Crippen molar-refractivity contribution in [2.45, 2.75) is 12.3 Å². The van der Waals surface area contributed by atoms with Gasteiger partial charge in [0.25, 0.3) is 0 Å². The van der Waals surface area contributed by atoms with E-state index in [1.807, 2.05) is 0 Å². The molecule has 25 heavy (non-hydrogen) atoms. The van der Waals surface area contributed by atoms with E-state index in [1.54, 1.807) is 36.5 Å². The molecule has 2 aliphatic heterocycles. The molecule has 11 heteroatoms. The molecular weight excluding hydrogens is 352 g/mol. The lowest BCUT2D eigenvalue weighted by molar-refractivity contribution is -0.138. The van der Waals surface area contributed by atoms with Crippen LogP contribution in [0.15, 0.2) is 48.9 Å². The zero-order valence-electron chi connectivity index (χ0n) is 13.1. The standard InChI is InChI=1S/C14H18N4O6S/c15-11-5-1-3-7-17(11)9-13(19)23-25(21,22)24-14(20)10-18-8-4-2-6-12(18)16/h1-8,11-12H,9-10,15-16H2. The highest BCUT2D eigenvalue weighted by Gasteiger charge is 2.26. The van der Waals surface area contributed by atoms with E-state index >= 15 is 0 Å².